The Morgan fingerprint density at radius 1 is 1.36 bits per heavy atom. The Hall–Kier alpha value is -0.560. The van der Waals surface area contributed by atoms with Gasteiger partial charge in [-0.2, -0.15) is 0 Å². The Kier molecular flexibility index (Phi) is 5.86. The van der Waals surface area contributed by atoms with Crippen LogP contribution in [-0.4, -0.2) is 6.61 Å². The van der Waals surface area contributed by atoms with E-state index in [0.717, 1.165) is 19.3 Å². The Morgan fingerprint density at radius 3 is 2.45 bits per heavy atom. The van der Waals surface area contributed by atoms with Gasteiger partial charge in [0, 0.05) is 0 Å². The van der Waals surface area contributed by atoms with Gasteiger partial charge in [0.15, 0.2) is 0 Å². The first-order valence-electron chi connectivity index (χ1n) is 4.05. The summed E-state index contributed by atoms with van der Waals surface area (Å²) in [5, 5.41) is 10.1. The van der Waals surface area contributed by atoms with Crippen molar-refractivity contribution in [1.29, 1.82) is 0 Å². The maximum atomic E-state index is 10.1. The van der Waals surface area contributed by atoms with Crippen LogP contribution in [0.25, 0.3) is 0 Å². The van der Waals surface area contributed by atoms with E-state index in [1.54, 1.807) is 6.08 Å². The fourth-order valence-electron chi connectivity index (χ4n) is 0.913. The molecule has 0 aliphatic heterocycles. The highest BCUT2D eigenvalue weighted by Crippen LogP contribution is 2.09. The van der Waals surface area contributed by atoms with Crippen molar-refractivity contribution in [3.63, 3.8) is 0 Å². The molecule has 0 aromatic rings. The predicted molar refractivity (Wildman–Crippen MR) is 48.0 cm³/mol. The fourth-order valence-corrected chi connectivity index (χ4v) is 0.913. The van der Waals surface area contributed by atoms with Gasteiger partial charge in [-0.25, -0.2) is 5.11 Å². The molecule has 0 unspecified atom stereocenters. The maximum absolute atomic E-state index is 10.1. The molecule has 0 N–H and O–H groups in total. The molecule has 0 saturated heterocycles. The molecule has 0 spiro atoms. The largest absolute Gasteiger partial charge is 0.232 e. The summed E-state index contributed by atoms with van der Waals surface area (Å²) in [6.07, 6.45) is 4.98. The first-order chi connectivity index (χ1) is 5.16. The Balaban J connectivity index is 3.38. The standard InChI is InChI=1S/C10H17O/c1-9(2)5-4-6-10(3)7-8-11/h7H,1,4-6,8H2,2-3H3. The molecule has 63 valence electrons. The summed E-state index contributed by atoms with van der Waals surface area (Å²) in [5.41, 5.74) is 2.43. The molecular formula is C10H17O. The third-order valence-corrected chi connectivity index (χ3v) is 1.61. The van der Waals surface area contributed by atoms with Crippen LogP contribution in [-0.2, 0) is 5.11 Å². The normalized spacial score (nSPS) is 11.7. The van der Waals surface area contributed by atoms with Crippen LogP contribution in [0.3, 0.4) is 0 Å². The minimum absolute atomic E-state index is 0.0844. The second-order valence-corrected chi connectivity index (χ2v) is 3.03. The van der Waals surface area contributed by atoms with E-state index >= 15 is 0 Å². The molecule has 0 aromatic carbocycles. The van der Waals surface area contributed by atoms with Crippen molar-refractivity contribution in [3.05, 3.63) is 23.8 Å². The molecule has 0 aromatic heterocycles. The summed E-state index contributed by atoms with van der Waals surface area (Å²) in [7, 11) is 0. The average molecular weight is 153 g/mol. The molecule has 1 nitrogen and oxygen atoms in total. The van der Waals surface area contributed by atoms with E-state index in [2.05, 4.69) is 6.58 Å². The van der Waals surface area contributed by atoms with E-state index in [9.17, 15) is 5.11 Å². The quantitative estimate of drug-likeness (QED) is 0.541. The molecule has 11 heavy (non-hydrogen) atoms. The molecule has 0 heterocycles. The van der Waals surface area contributed by atoms with E-state index in [1.165, 1.54) is 11.1 Å². The van der Waals surface area contributed by atoms with Gasteiger partial charge in [0.05, 0.1) is 0 Å². The molecule has 0 saturated carbocycles. The number of hydrogen-bond acceptors (Lipinski definition) is 0. The zero-order valence-corrected chi connectivity index (χ0v) is 7.52. The highest BCUT2D eigenvalue weighted by molar-refractivity contribution is 4.98. The number of allylic oxidation sites excluding steroid dienone is 2. The van der Waals surface area contributed by atoms with Crippen LogP contribution in [0.1, 0.15) is 33.1 Å². The Morgan fingerprint density at radius 2 is 2.00 bits per heavy atom. The first kappa shape index (κ1) is 10.4. The van der Waals surface area contributed by atoms with Gasteiger partial charge < -0.3 is 0 Å². The lowest BCUT2D eigenvalue weighted by Gasteiger charge is -1.99. The van der Waals surface area contributed by atoms with Gasteiger partial charge in [0.25, 0.3) is 0 Å². The summed E-state index contributed by atoms with van der Waals surface area (Å²) in [6, 6.07) is 0. The minimum atomic E-state index is -0.0844. The molecule has 0 aliphatic carbocycles. The van der Waals surface area contributed by atoms with Gasteiger partial charge in [-0.1, -0.05) is 17.2 Å². The van der Waals surface area contributed by atoms with E-state index in [4.69, 9.17) is 0 Å². The van der Waals surface area contributed by atoms with Gasteiger partial charge >= 0.3 is 0 Å². The maximum Gasteiger partial charge on any atom is 0.101 e. The van der Waals surface area contributed by atoms with Crippen LogP contribution in [0.2, 0.25) is 0 Å². The van der Waals surface area contributed by atoms with Crippen LogP contribution in [0.4, 0.5) is 0 Å². The van der Waals surface area contributed by atoms with Crippen LogP contribution >= 0.6 is 0 Å². The molecule has 0 fully saturated rings. The summed E-state index contributed by atoms with van der Waals surface area (Å²) in [4.78, 5) is 0. The molecule has 0 rings (SSSR count). The van der Waals surface area contributed by atoms with E-state index in [0.29, 0.717) is 0 Å². The van der Waals surface area contributed by atoms with Crippen molar-refractivity contribution in [2.45, 2.75) is 33.1 Å². The fraction of sp³-hybridized carbons (Fsp3) is 0.600. The molecule has 0 atom stereocenters. The van der Waals surface area contributed by atoms with Crippen LogP contribution in [0, 0.1) is 0 Å². The lowest BCUT2D eigenvalue weighted by Crippen LogP contribution is -1.82. The molecule has 1 radical (unpaired) electrons. The van der Waals surface area contributed by atoms with Crippen LogP contribution < -0.4 is 0 Å². The first-order valence-corrected chi connectivity index (χ1v) is 4.05. The van der Waals surface area contributed by atoms with E-state index in [1.807, 2.05) is 13.8 Å². The minimum Gasteiger partial charge on any atom is -0.232 e. The van der Waals surface area contributed by atoms with Gasteiger partial charge in [-0.15, -0.1) is 6.58 Å². The topological polar surface area (TPSA) is 19.9 Å². The molecule has 1 heteroatoms. The molecule has 0 bridgehead atoms. The summed E-state index contributed by atoms with van der Waals surface area (Å²) in [5.74, 6) is 0. The highest BCUT2D eigenvalue weighted by Gasteiger charge is 1.90. The van der Waals surface area contributed by atoms with Crippen molar-refractivity contribution in [1.82, 2.24) is 0 Å². The number of hydrogen-bond donors (Lipinski definition) is 0. The summed E-state index contributed by atoms with van der Waals surface area (Å²) < 4.78 is 0. The third-order valence-electron chi connectivity index (χ3n) is 1.61. The van der Waals surface area contributed by atoms with Crippen LogP contribution in [0.15, 0.2) is 23.8 Å². The zero-order chi connectivity index (χ0) is 8.69. The lowest BCUT2D eigenvalue weighted by molar-refractivity contribution is 0.231. The van der Waals surface area contributed by atoms with Gasteiger partial charge in [0.2, 0.25) is 0 Å². The predicted octanol–water partition coefficient (Wildman–Crippen LogP) is 3.11. The summed E-state index contributed by atoms with van der Waals surface area (Å²) in [6.45, 7) is 7.78. The van der Waals surface area contributed by atoms with Gasteiger partial charge in [-0.3, -0.25) is 0 Å². The van der Waals surface area contributed by atoms with Crippen molar-refractivity contribution in [2.75, 3.05) is 6.61 Å². The smallest absolute Gasteiger partial charge is 0.101 e. The van der Waals surface area contributed by atoms with Crippen molar-refractivity contribution in [3.8, 4) is 0 Å². The van der Waals surface area contributed by atoms with Gasteiger partial charge in [0.1, 0.15) is 6.61 Å². The lowest BCUT2D eigenvalue weighted by atomic mass is 10.1. The summed E-state index contributed by atoms with van der Waals surface area (Å²) >= 11 is 0. The second kappa shape index (κ2) is 6.17. The van der Waals surface area contributed by atoms with E-state index < -0.39 is 0 Å². The third kappa shape index (κ3) is 7.34. The van der Waals surface area contributed by atoms with Crippen molar-refractivity contribution < 1.29 is 5.11 Å². The highest BCUT2D eigenvalue weighted by atomic mass is 16.2. The Labute approximate surface area is 69.4 Å². The molecule has 0 aliphatic rings. The van der Waals surface area contributed by atoms with Crippen molar-refractivity contribution >= 4 is 0 Å². The zero-order valence-electron chi connectivity index (χ0n) is 7.52. The van der Waals surface area contributed by atoms with Crippen molar-refractivity contribution in [2.24, 2.45) is 0 Å². The van der Waals surface area contributed by atoms with Gasteiger partial charge in [-0.05, 0) is 33.1 Å². The van der Waals surface area contributed by atoms with E-state index in [-0.39, 0.29) is 6.61 Å². The average Bonchev–Trinajstić information content (AvgIpc) is 1.87. The molecule has 0 amide bonds. The Bertz CT molecular complexity index is 145. The SMILES string of the molecule is C=C(C)CCCC(C)=CC[O]. The second-order valence-electron chi connectivity index (χ2n) is 3.03. The van der Waals surface area contributed by atoms with Crippen LogP contribution in [0.5, 0.6) is 0 Å². The number of rotatable bonds is 5. The molecular weight excluding hydrogens is 136 g/mol. The monoisotopic (exact) mass is 153 g/mol.